The summed E-state index contributed by atoms with van der Waals surface area (Å²) in [4.78, 5) is 11.7. The van der Waals surface area contributed by atoms with Crippen molar-refractivity contribution in [1.29, 1.82) is 0 Å². The molecule has 3 nitrogen and oxygen atoms in total. The fourth-order valence-electron chi connectivity index (χ4n) is 1.45. The van der Waals surface area contributed by atoms with E-state index >= 15 is 0 Å². The monoisotopic (exact) mass is 242 g/mol. The fraction of sp³-hybridized carbons (Fsp3) is 0.929. The molecule has 0 fully saturated rings. The van der Waals surface area contributed by atoms with Crippen molar-refractivity contribution < 1.29 is 4.79 Å². The number of rotatable bonds is 7. The Morgan fingerprint density at radius 1 is 1.29 bits per heavy atom. The quantitative estimate of drug-likeness (QED) is 0.674. The summed E-state index contributed by atoms with van der Waals surface area (Å²) in [5.74, 6) is 1.14. The SMILES string of the molecule is CC(CN)CCCNC(=O)CC(C)C(C)(C)C. The Morgan fingerprint density at radius 2 is 1.88 bits per heavy atom. The van der Waals surface area contributed by atoms with E-state index in [0.717, 1.165) is 25.9 Å². The first-order chi connectivity index (χ1) is 7.77. The number of amides is 1. The van der Waals surface area contributed by atoms with E-state index in [1.807, 2.05) is 0 Å². The van der Waals surface area contributed by atoms with Crippen LogP contribution >= 0.6 is 0 Å². The van der Waals surface area contributed by atoms with Gasteiger partial charge in [-0.2, -0.15) is 0 Å². The third-order valence-corrected chi connectivity index (χ3v) is 3.57. The highest BCUT2D eigenvalue weighted by Gasteiger charge is 2.22. The average Bonchev–Trinajstić information content (AvgIpc) is 2.22. The lowest BCUT2D eigenvalue weighted by atomic mass is 9.80. The van der Waals surface area contributed by atoms with Gasteiger partial charge in [-0.25, -0.2) is 0 Å². The van der Waals surface area contributed by atoms with Crippen LogP contribution in [-0.4, -0.2) is 19.0 Å². The molecule has 3 N–H and O–H groups in total. The van der Waals surface area contributed by atoms with Crippen LogP contribution in [0.5, 0.6) is 0 Å². The highest BCUT2D eigenvalue weighted by molar-refractivity contribution is 5.76. The maximum absolute atomic E-state index is 11.7. The molecule has 1 amide bonds. The van der Waals surface area contributed by atoms with Crippen LogP contribution in [0.3, 0.4) is 0 Å². The summed E-state index contributed by atoms with van der Waals surface area (Å²) in [7, 11) is 0. The van der Waals surface area contributed by atoms with Crippen LogP contribution in [0.4, 0.5) is 0 Å². The molecule has 0 aliphatic heterocycles. The molecule has 2 atom stereocenters. The molecule has 0 aliphatic carbocycles. The topological polar surface area (TPSA) is 55.1 Å². The Hall–Kier alpha value is -0.570. The first kappa shape index (κ1) is 16.4. The number of carbonyl (C=O) groups excluding carboxylic acids is 1. The number of nitrogens with two attached hydrogens (primary N) is 1. The lowest BCUT2D eigenvalue weighted by molar-refractivity contribution is -0.122. The zero-order chi connectivity index (χ0) is 13.5. The molecule has 0 aromatic rings. The molecule has 0 bridgehead atoms. The molecule has 0 saturated heterocycles. The predicted octanol–water partition coefficient (Wildman–Crippen LogP) is 2.55. The van der Waals surface area contributed by atoms with Crippen LogP contribution in [0.2, 0.25) is 0 Å². The minimum atomic E-state index is 0.174. The Kier molecular flexibility index (Phi) is 7.44. The summed E-state index contributed by atoms with van der Waals surface area (Å²) >= 11 is 0. The number of hydrogen-bond acceptors (Lipinski definition) is 2. The molecule has 2 unspecified atom stereocenters. The van der Waals surface area contributed by atoms with Crippen LogP contribution < -0.4 is 11.1 Å². The molecule has 0 rings (SSSR count). The highest BCUT2D eigenvalue weighted by Crippen LogP contribution is 2.27. The van der Waals surface area contributed by atoms with Gasteiger partial charge in [0.15, 0.2) is 0 Å². The van der Waals surface area contributed by atoms with Crippen LogP contribution in [0.25, 0.3) is 0 Å². The van der Waals surface area contributed by atoms with Crippen molar-refractivity contribution in [2.24, 2.45) is 23.0 Å². The van der Waals surface area contributed by atoms with E-state index in [-0.39, 0.29) is 11.3 Å². The van der Waals surface area contributed by atoms with Gasteiger partial charge in [-0.15, -0.1) is 0 Å². The first-order valence-corrected chi connectivity index (χ1v) is 6.74. The third kappa shape index (κ3) is 8.19. The molecule has 3 heteroatoms. The zero-order valence-corrected chi connectivity index (χ0v) is 12.2. The minimum Gasteiger partial charge on any atom is -0.356 e. The van der Waals surface area contributed by atoms with E-state index in [1.165, 1.54) is 0 Å². The maximum atomic E-state index is 11.7. The fourth-order valence-corrected chi connectivity index (χ4v) is 1.45. The van der Waals surface area contributed by atoms with Gasteiger partial charge in [-0.1, -0.05) is 34.6 Å². The second-order valence-electron chi connectivity index (χ2n) is 6.30. The Morgan fingerprint density at radius 3 is 2.35 bits per heavy atom. The molecule has 0 heterocycles. The Balaban J connectivity index is 3.67. The van der Waals surface area contributed by atoms with Crippen LogP contribution in [0.15, 0.2) is 0 Å². The van der Waals surface area contributed by atoms with E-state index in [9.17, 15) is 4.79 Å². The first-order valence-electron chi connectivity index (χ1n) is 6.74. The molecule has 0 aromatic heterocycles. The summed E-state index contributed by atoms with van der Waals surface area (Å²) in [5.41, 5.74) is 5.74. The van der Waals surface area contributed by atoms with Crippen molar-refractivity contribution in [3.05, 3.63) is 0 Å². The van der Waals surface area contributed by atoms with Crippen molar-refractivity contribution >= 4 is 5.91 Å². The second-order valence-corrected chi connectivity index (χ2v) is 6.30. The van der Waals surface area contributed by atoms with Gasteiger partial charge < -0.3 is 11.1 Å². The molecule has 0 saturated carbocycles. The van der Waals surface area contributed by atoms with Crippen molar-refractivity contribution in [3.63, 3.8) is 0 Å². The van der Waals surface area contributed by atoms with E-state index in [0.29, 0.717) is 18.3 Å². The molecule has 0 spiro atoms. The molecule has 17 heavy (non-hydrogen) atoms. The molecule has 102 valence electrons. The standard InChI is InChI=1S/C14H30N2O/c1-11(10-15)7-6-8-16-13(17)9-12(2)14(3,4)5/h11-12H,6-10,15H2,1-5H3,(H,16,17). The zero-order valence-electron chi connectivity index (χ0n) is 12.2. The summed E-state index contributed by atoms with van der Waals surface area (Å²) < 4.78 is 0. The average molecular weight is 242 g/mol. The summed E-state index contributed by atoms with van der Waals surface area (Å²) in [6, 6.07) is 0. The van der Waals surface area contributed by atoms with Crippen LogP contribution in [0.1, 0.15) is 53.9 Å². The minimum absolute atomic E-state index is 0.174. The predicted molar refractivity (Wildman–Crippen MR) is 73.7 cm³/mol. The van der Waals surface area contributed by atoms with Gasteiger partial charge in [0.05, 0.1) is 0 Å². The molecular weight excluding hydrogens is 212 g/mol. The number of hydrogen-bond donors (Lipinski definition) is 2. The lowest BCUT2D eigenvalue weighted by Crippen LogP contribution is -2.30. The van der Waals surface area contributed by atoms with Crippen molar-refractivity contribution in [3.8, 4) is 0 Å². The summed E-state index contributed by atoms with van der Waals surface area (Å²) in [6.07, 6.45) is 2.73. The molecule has 0 aliphatic rings. The van der Waals surface area contributed by atoms with Gasteiger partial charge in [0.2, 0.25) is 5.91 Å². The van der Waals surface area contributed by atoms with E-state index in [1.54, 1.807) is 0 Å². The lowest BCUT2D eigenvalue weighted by Gasteiger charge is -2.26. The third-order valence-electron chi connectivity index (χ3n) is 3.57. The maximum Gasteiger partial charge on any atom is 0.220 e. The highest BCUT2D eigenvalue weighted by atomic mass is 16.1. The molecule has 0 radical (unpaired) electrons. The van der Waals surface area contributed by atoms with Crippen molar-refractivity contribution in [1.82, 2.24) is 5.32 Å². The Labute approximate surface area is 107 Å². The van der Waals surface area contributed by atoms with E-state index in [4.69, 9.17) is 5.73 Å². The van der Waals surface area contributed by atoms with Crippen LogP contribution in [-0.2, 0) is 4.79 Å². The van der Waals surface area contributed by atoms with Gasteiger partial charge >= 0.3 is 0 Å². The smallest absolute Gasteiger partial charge is 0.220 e. The molecular formula is C14H30N2O. The largest absolute Gasteiger partial charge is 0.356 e. The summed E-state index contributed by atoms with van der Waals surface area (Å²) in [5, 5.41) is 2.99. The van der Waals surface area contributed by atoms with E-state index in [2.05, 4.69) is 39.9 Å². The number of nitrogens with one attached hydrogen (secondary N) is 1. The second kappa shape index (κ2) is 7.70. The van der Waals surface area contributed by atoms with E-state index < -0.39 is 0 Å². The van der Waals surface area contributed by atoms with Gasteiger partial charge in [0.1, 0.15) is 0 Å². The molecule has 0 aromatic carbocycles. The number of carbonyl (C=O) groups is 1. The normalized spacial score (nSPS) is 15.4. The van der Waals surface area contributed by atoms with Gasteiger partial charge in [-0.3, -0.25) is 4.79 Å². The van der Waals surface area contributed by atoms with Crippen LogP contribution in [0, 0.1) is 17.3 Å². The van der Waals surface area contributed by atoms with Crippen molar-refractivity contribution in [2.75, 3.05) is 13.1 Å². The van der Waals surface area contributed by atoms with Gasteiger partial charge in [-0.05, 0) is 36.6 Å². The summed E-state index contributed by atoms with van der Waals surface area (Å²) in [6.45, 7) is 12.3. The van der Waals surface area contributed by atoms with Gasteiger partial charge in [0, 0.05) is 13.0 Å². The Bertz CT molecular complexity index is 221. The van der Waals surface area contributed by atoms with Gasteiger partial charge in [0.25, 0.3) is 0 Å². The van der Waals surface area contributed by atoms with Crippen molar-refractivity contribution in [2.45, 2.75) is 53.9 Å².